The van der Waals surface area contributed by atoms with Crippen LogP contribution in [-0.2, 0) is 44.6 Å². The Balaban J connectivity index is 1.79. The lowest BCUT2D eigenvalue weighted by atomic mass is 10.0. The molecule has 0 saturated heterocycles. The van der Waals surface area contributed by atoms with Crippen molar-refractivity contribution in [2.24, 2.45) is 0 Å². The van der Waals surface area contributed by atoms with Gasteiger partial charge in [0.25, 0.3) is 11.8 Å². The maximum atomic E-state index is 13.3. The first kappa shape index (κ1) is 30.4. The van der Waals surface area contributed by atoms with E-state index >= 15 is 0 Å². The van der Waals surface area contributed by atoms with Gasteiger partial charge in [-0.15, -0.1) is 0 Å². The Hall–Kier alpha value is -5.19. The van der Waals surface area contributed by atoms with Gasteiger partial charge < -0.3 is 29.6 Å². The number of hydrogen-bond donors (Lipinski definition) is 2. The van der Waals surface area contributed by atoms with Gasteiger partial charge in [0, 0.05) is 26.0 Å². The zero-order valence-corrected chi connectivity index (χ0v) is 22.7. The van der Waals surface area contributed by atoms with Crippen molar-refractivity contribution < 1.29 is 42.9 Å². The third-order valence-corrected chi connectivity index (χ3v) is 5.56. The molecular formula is C30H30N2O9. The summed E-state index contributed by atoms with van der Waals surface area (Å²) in [6.45, 7) is 2.06. The van der Waals surface area contributed by atoms with Crippen LogP contribution in [0, 0.1) is 0 Å². The van der Waals surface area contributed by atoms with Crippen molar-refractivity contribution in [1.82, 2.24) is 5.32 Å². The minimum atomic E-state index is -1.92. The van der Waals surface area contributed by atoms with Gasteiger partial charge in [0.05, 0.1) is 7.11 Å². The van der Waals surface area contributed by atoms with E-state index in [1.807, 2.05) is 18.2 Å². The number of para-hydroxylation sites is 1. The molecule has 0 spiro atoms. The number of esters is 3. The van der Waals surface area contributed by atoms with Gasteiger partial charge in [0.2, 0.25) is 12.2 Å². The molecule has 0 aromatic heterocycles. The summed E-state index contributed by atoms with van der Waals surface area (Å²) >= 11 is 0. The van der Waals surface area contributed by atoms with E-state index in [0.717, 1.165) is 21.0 Å². The maximum absolute atomic E-state index is 13.3. The molecular weight excluding hydrogens is 532 g/mol. The standard InChI is InChI=1S/C30H30N2O9/c1-19(33)39-26(28(35)31-22-14-16-24(17-15-22)41-23-12-8-5-9-13-23)27(40-20(2)34)29(36)32-25(30(37)38-3)18-21-10-6-4-7-11-21/h4-17,25-27H,18H2,1-3H3,(H,31,35)(H,32,36)/t25-,26-,27?/m1/s1. The first-order valence-corrected chi connectivity index (χ1v) is 12.6. The number of anilines is 1. The molecule has 3 atom stereocenters. The number of methoxy groups -OCH3 is 1. The Bertz CT molecular complexity index is 1350. The molecule has 3 aromatic carbocycles. The van der Waals surface area contributed by atoms with Gasteiger partial charge in [-0.25, -0.2) is 4.79 Å². The Morgan fingerprint density at radius 2 is 1.20 bits per heavy atom. The first-order chi connectivity index (χ1) is 19.7. The summed E-state index contributed by atoms with van der Waals surface area (Å²) in [4.78, 5) is 62.8. The van der Waals surface area contributed by atoms with Crippen LogP contribution in [0.3, 0.4) is 0 Å². The predicted octanol–water partition coefficient (Wildman–Crippen LogP) is 3.18. The highest BCUT2D eigenvalue weighted by Gasteiger charge is 2.41. The molecule has 0 bridgehead atoms. The van der Waals surface area contributed by atoms with Crippen LogP contribution in [0.5, 0.6) is 11.5 Å². The van der Waals surface area contributed by atoms with E-state index < -0.39 is 48.0 Å². The number of rotatable bonds is 12. The lowest BCUT2D eigenvalue weighted by Gasteiger charge is -2.26. The van der Waals surface area contributed by atoms with Crippen LogP contribution >= 0.6 is 0 Å². The number of ether oxygens (including phenoxy) is 4. The Morgan fingerprint density at radius 1 is 0.683 bits per heavy atom. The van der Waals surface area contributed by atoms with Crippen molar-refractivity contribution in [3.05, 3.63) is 90.5 Å². The van der Waals surface area contributed by atoms with Crippen molar-refractivity contribution in [2.75, 3.05) is 12.4 Å². The lowest BCUT2D eigenvalue weighted by molar-refractivity contribution is -0.173. The average molecular weight is 563 g/mol. The van der Waals surface area contributed by atoms with Gasteiger partial charge in [0.15, 0.2) is 0 Å². The Labute approximate surface area is 236 Å². The van der Waals surface area contributed by atoms with Crippen LogP contribution in [0.4, 0.5) is 5.69 Å². The molecule has 214 valence electrons. The van der Waals surface area contributed by atoms with Crippen molar-refractivity contribution in [3.63, 3.8) is 0 Å². The highest BCUT2D eigenvalue weighted by atomic mass is 16.6. The van der Waals surface area contributed by atoms with Crippen LogP contribution in [0.2, 0.25) is 0 Å². The van der Waals surface area contributed by atoms with Crippen molar-refractivity contribution >= 4 is 35.4 Å². The van der Waals surface area contributed by atoms with E-state index in [1.54, 1.807) is 54.6 Å². The van der Waals surface area contributed by atoms with E-state index in [2.05, 4.69) is 10.6 Å². The second-order valence-electron chi connectivity index (χ2n) is 8.76. The smallest absolute Gasteiger partial charge is 0.328 e. The van der Waals surface area contributed by atoms with Crippen LogP contribution in [-0.4, -0.2) is 55.1 Å². The fourth-order valence-electron chi connectivity index (χ4n) is 3.75. The fourth-order valence-corrected chi connectivity index (χ4v) is 3.75. The predicted molar refractivity (Wildman–Crippen MR) is 147 cm³/mol. The van der Waals surface area contributed by atoms with Crippen LogP contribution in [0.15, 0.2) is 84.9 Å². The summed E-state index contributed by atoms with van der Waals surface area (Å²) in [5.41, 5.74) is 0.993. The summed E-state index contributed by atoms with van der Waals surface area (Å²) in [5, 5.41) is 4.99. The van der Waals surface area contributed by atoms with Crippen molar-refractivity contribution in [2.45, 2.75) is 38.5 Å². The van der Waals surface area contributed by atoms with E-state index in [1.165, 1.54) is 12.1 Å². The summed E-state index contributed by atoms with van der Waals surface area (Å²) in [5.74, 6) is -3.47. The van der Waals surface area contributed by atoms with E-state index in [4.69, 9.17) is 18.9 Å². The van der Waals surface area contributed by atoms with Crippen molar-refractivity contribution in [1.29, 1.82) is 0 Å². The fraction of sp³-hybridized carbons (Fsp3) is 0.233. The summed E-state index contributed by atoms with van der Waals surface area (Å²) < 4.78 is 20.8. The Morgan fingerprint density at radius 3 is 1.73 bits per heavy atom. The number of nitrogens with one attached hydrogen (secondary N) is 2. The summed E-state index contributed by atoms with van der Waals surface area (Å²) in [7, 11) is 1.15. The largest absolute Gasteiger partial charge is 0.467 e. The molecule has 0 fully saturated rings. The number of hydrogen-bond acceptors (Lipinski definition) is 9. The monoisotopic (exact) mass is 562 g/mol. The SMILES string of the molecule is COC(=O)[C@@H](Cc1ccccc1)NC(=O)C(OC(C)=O)[C@@H](OC(C)=O)C(=O)Nc1ccc(Oc2ccccc2)cc1. The molecule has 1 unspecified atom stereocenters. The van der Waals surface area contributed by atoms with Gasteiger partial charge in [-0.2, -0.15) is 0 Å². The molecule has 11 nitrogen and oxygen atoms in total. The van der Waals surface area contributed by atoms with Gasteiger partial charge in [-0.1, -0.05) is 48.5 Å². The molecule has 0 heterocycles. The minimum absolute atomic E-state index is 0.0495. The quantitative estimate of drug-likeness (QED) is 0.251. The number of benzene rings is 3. The van der Waals surface area contributed by atoms with Gasteiger partial charge >= 0.3 is 17.9 Å². The highest BCUT2D eigenvalue weighted by Crippen LogP contribution is 2.23. The topological polar surface area (TPSA) is 146 Å². The molecule has 2 N–H and O–H groups in total. The van der Waals surface area contributed by atoms with Gasteiger partial charge in [-0.05, 0) is 42.0 Å². The van der Waals surface area contributed by atoms with Crippen molar-refractivity contribution in [3.8, 4) is 11.5 Å². The average Bonchev–Trinajstić information content (AvgIpc) is 2.96. The van der Waals surface area contributed by atoms with E-state index in [0.29, 0.717) is 17.1 Å². The Kier molecular flexibility index (Phi) is 11.0. The molecule has 0 aliphatic carbocycles. The highest BCUT2D eigenvalue weighted by molar-refractivity contribution is 6.01. The molecule has 11 heteroatoms. The normalized spacial score (nSPS) is 12.6. The molecule has 0 aliphatic heterocycles. The first-order valence-electron chi connectivity index (χ1n) is 12.6. The van der Waals surface area contributed by atoms with Gasteiger partial charge in [0.1, 0.15) is 17.5 Å². The number of carbonyl (C=O) groups excluding carboxylic acids is 5. The minimum Gasteiger partial charge on any atom is -0.467 e. The molecule has 0 saturated carbocycles. The number of carbonyl (C=O) groups is 5. The third-order valence-electron chi connectivity index (χ3n) is 5.56. The van der Waals surface area contributed by atoms with Gasteiger partial charge in [-0.3, -0.25) is 19.2 Å². The second kappa shape index (κ2) is 14.8. The molecule has 2 amide bonds. The zero-order chi connectivity index (χ0) is 29.8. The van der Waals surface area contributed by atoms with E-state index in [9.17, 15) is 24.0 Å². The summed E-state index contributed by atoms with van der Waals surface area (Å²) in [6, 6.07) is 23.0. The zero-order valence-electron chi connectivity index (χ0n) is 22.7. The van der Waals surface area contributed by atoms with Crippen LogP contribution in [0.1, 0.15) is 19.4 Å². The van der Waals surface area contributed by atoms with Crippen LogP contribution in [0.25, 0.3) is 0 Å². The molecule has 41 heavy (non-hydrogen) atoms. The molecule has 0 radical (unpaired) electrons. The second-order valence-corrected chi connectivity index (χ2v) is 8.76. The lowest BCUT2D eigenvalue weighted by Crippen LogP contribution is -2.55. The molecule has 0 aliphatic rings. The van der Waals surface area contributed by atoms with Crippen LogP contribution < -0.4 is 15.4 Å². The maximum Gasteiger partial charge on any atom is 0.328 e. The third kappa shape index (κ3) is 9.50. The summed E-state index contributed by atoms with van der Waals surface area (Å²) in [6.07, 6.45) is -3.75. The van der Waals surface area contributed by atoms with E-state index in [-0.39, 0.29) is 12.1 Å². The molecule has 3 rings (SSSR count). The molecule has 3 aromatic rings. The number of amides is 2.